The first-order valence-corrected chi connectivity index (χ1v) is 45.2. The minimum Gasteiger partial charge on any atom is -0.457 e. The molecule has 14 aromatic carbocycles. The van der Waals surface area contributed by atoms with Gasteiger partial charge in [-0.15, -0.1) is 0 Å². The highest BCUT2D eigenvalue weighted by molar-refractivity contribution is 6.11. The molecule has 0 bridgehead atoms. The number of halogens is 12. The second-order valence-corrected chi connectivity index (χ2v) is 34.3. The molecule has 0 saturated heterocycles. The molecule has 0 unspecified atom stereocenters. The zero-order valence-electron chi connectivity index (χ0n) is 79.6. The Labute approximate surface area is 815 Å². The van der Waals surface area contributed by atoms with E-state index < -0.39 is 47.0 Å². The van der Waals surface area contributed by atoms with E-state index in [9.17, 15) is 52.7 Å². The maximum atomic E-state index is 13.5. The van der Waals surface area contributed by atoms with E-state index in [-0.39, 0.29) is 22.7 Å². The number of alkyl halides is 12. The van der Waals surface area contributed by atoms with Crippen molar-refractivity contribution in [2.75, 3.05) is 21.7 Å². The van der Waals surface area contributed by atoms with Crippen LogP contribution >= 0.6 is 0 Å². The van der Waals surface area contributed by atoms with E-state index >= 15 is 0 Å². The van der Waals surface area contributed by atoms with E-state index in [0.717, 1.165) is 125 Å². The fraction of sp³-hybridized carbons (Fsp3) is 0.168. The highest BCUT2D eigenvalue weighted by Crippen LogP contribution is 2.46. The molecule has 18 nitrogen and oxygen atoms in total. The summed E-state index contributed by atoms with van der Waals surface area (Å²) in [6.07, 6.45) is -16.3. The number of rotatable bonds is 24. The number of hydrogen-bond donors (Lipinski definition) is 4. The van der Waals surface area contributed by atoms with Crippen molar-refractivity contribution < 1.29 is 80.3 Å². The van der Waals surface area contributed by atoms with Crippen molar-refractivity contribution in [1.29, 1.82) is 0 Å². The highest BCUT2D eigenvalue weighted by atomic mass is 19.4. The summed E-state index contributed by atoms with van der Waals surface area (Å²) >= 11 is 0. The molecule has 4 N–H and O–H groups in total. The molecule has 0 radical (unpaired) electrons. The third-order valence-corrected chi connectivity index (χ3v) is 23.0. The van der Waals surface area contributed by atoms with Crippen LogP contribution in [0, 0.1) is 55.4 Å². The molecule has 0 aliphatic carbocycles. The Bertz CT molecular complexity index is 7720. The van der Waals surface area contributed by atoms with Gasteiger partial charge in [0, 0.05) is 19.3 Å². The Morgan fingerprint density at radius 2 is 0.587 bits per heavy atom. The van der Waals surface area contributed by atoms with E-state index in [1.807, 2.05) is 220 Å². The summed E-state index contributed by atoms with van der Waals surface area (Å²) in [5.74, 6) is 4.87. The summed E-state index contributed by atoms with van der Waals surface area (Å²) in [6, 6.07) is 89.6. The number of ether oxygens (including phenoxy) is 2. The van der Waals surface area contributed by atoms with E-state index in [4.69, 9.17) is 27.6 Å². The molecule has 0 saturated carbocycles. The Hall–Kier alpha value is -16.7. The van der Waals surface area contributed by atoms with Gasteiger partial charge in [0.15, 0.2) is 5.76 Å². The zero-order chi connectivity index (χ0) is 102. The smallest absolute Gasteiger partial charge is 0.416 e. The number of anilines is 4. The highest BCUT2D eigenvalue weighted by Gasteiger charge is 2.36. The van der Waals surface area contributed by atoms with Gasteiger partial charge in [-0.25, -0.2) is 0 Å². The number of nitrogens with one attached hydrogen (secondary N) is 4. The molecule has 0 atom stereocenters. The number of nitrogens with zero attached hydrogens (tertiary/aromatic N) is 8. The maximum absolute atomic E-state index is 13.5. The van der Waals surface area contributed by atoms with Gasteiger partial charge in [-0.2, -0.15) is 73.1 Å². The SMILES string of the molecule is C/C(=N\Nc1cc(C)cc(C(F)(F)F)c1)c1c(-c2c(Oc3ccccc3)ccc3ccccc23)noc1C.C/C(=N\Nc1cc(C)cc(C(F)(F)F)c1)c1c(-c2c(Oc3ccccc3)ccc3ccccc23)noc1Cc1ccc(C)cc1.C/C(=N\Nc1cc(C)cc(C(F)(F)F)c1)c1c(C)noc1Cc1ccc2ccccc2c1.C/C(=N\Nc1cc(C)cc(C(F)(F)F)c1)c1c(C)noc1Cc1ccccc1. The average molecular weight is 1950 g/mol. The van der Waals surface area contributed by atoms with Gasteiger partial charge < -0.3 is 27.6 Å². The minimum atomic E-state index is -4.48. The van der Waals surface area contributed by atoms with E-state index in [1.165, 1.54) is 0 Å². The first-order chi connectivity index (χ1) is 68.3. The molecule has 0 fully saturated rings. The first kappa shape index (κ1) is 101. The lowest BCUT2D eigenvalue weighted by molar-refractivity contribution is -0.138. The van der Waals surface area contributed by atoms with Crippen molar-refractivity contribution in [2.45, 2.75) is 127 Å². The summed E-state index contributed by atoms with van der Waals surface area (Å²) in [6.45, 7) is 20.9. The van der Waals surface area contributed by atoms with Gasteiger partial charge in [0.25, 0.3) is 0 Å². The quantitative estimate of drug-likeness (QED) is 0.0251. The number of fused-ring (bicyclic) bond motifs is 3. The van der Waals surface area contributed by atoms with Crippen LogP contribution in [0.15, 0.2) is 342 Å². The molecule has 30 heteroatoms. The summed E-state index contributed by atoms with van der Waals surface area (Å²) < 4.78 is 194. The average Bonchev–Trinajstić information content (AvgIpc) is 1.67. The Morgan fingerprint density at radius 3 is 0.993 bits per heavy atom. The number of aryl methyl sites for hydroxylation is 8. The molecule has 0 spiro atoms. The van der Waals surface area contributed by atoms with Crippen LogP contribution < -0.4 is 31.2 Å². The predicted molar refractivity (Wildman–Crippen MR) is 537 cm³/mol. The van der Waals surface area contributed by atoms with Crippen molar-refractivity contribution in [3.63, 3.8) is 0 Å². The van der Waals surface area contributed by atoms with Gasteiger partial charge in [-0.05, 0) is 264 Å². The lowest BCUT2D eigenvalue weighted by Gasteiger charge is -2.14. The number of aromatic nitrogens is 4. The van der Waals surface area contributed by atoms with Gasteiger partial charge in [-0.3, -0.25) is 21.7 Å². The predicted octanol–water partition coefficient (Wildman–Crippen LogP) is 31.7. The number of para-hydroxylation sites is 2. The second-order valence-electron chi connectivity index (χ2n) is 34.3. The van der Waals surface area contributed by atoms with Crippen molar-refractivity contribution in [3.8, 4) is 45.5 Å². The molecule has 18 rings (SSSR count). The third kappa shape index (κ3) is 25.5. The lowest BCUT2D eigenvalue weighted by atomic mass is 9.95. The molecular formula is C113H96F12N12O6. The van der Waals surface area contributed by atoms with Crippen molar-refractivity contribution >= 4 is 77.9 Å². The molecule has 4 aromatic heterocycles. The Morgan fingerprint density at radius 1 is 0.280 bits per heavy atom. The van der Waals surface area contributed by atoms with Crippen LogP contribution in [0.5, 0.6) is 23.0 Å². The molecule has 18 aromatic rings. The Balaban J connectivity index is 0.000000146. The fourth-order valence-corrected chi connectivity index (χ4v) is 16.4. The van der Waals surface area contributed by atoms with Gasteiger partial charge >= 0.3 is 24.7 Å². The topological polar surface area (TPSA) is 220 Å². The summed E-state index contributed by atoms with van der Waals surface area (Å²) in [4.78, 5) is 0. The molecule has 143 heavy (non-hydrogen) atoms. The van der Waals surface area contributed by atoms with Crippen LogP contribution in [0.25, 0.3) is 54.8 Å². The first-order valence-electron chi connectivity index (χ1n) is 45.2. The molecule has 0 amide bonds. The van der Waals surface area contributed by atoms with Crippen molar-refractivity contribution in [1.82, 2.24) is 20.6 Å². The van der Waals surface area contributed by atoms with Crippen molar-refractivity contribution in [3.05, 3.63) is 427 Å². The fourth-order valence-electron chi connectivity index (χ4n) is 16.4. The number of benzene rings is 14. The van der Waals surface area contributed by atoms with Gasteiger partial charge in [0.1, 0.15) is 51.7 Å². The summed E-state index contributed by atoms with van der Waals surface area (Å²) in [7, 11) is 0. The standard InChI is InChI=1S/C37H30F3N3O2.C30H24F3N3O2.C25H22F3N3O.C21H20F3N3O/c1-23-13-15-26(16-14-23)21-33-34(25(3)41-42-29-20-24(2)19-28(22-29)37(38,39)40)36(43-45-33)35-31-12-8-7-9-27(31)17-18-32(35)44-30-10-5-4-6-11-30;1-18-15-22(30(31,32)33)17-23(16-18)35-34-19(2)27-20(3)38-36-29(27)28-25-12-8-7-9-21(25)13-14-26(28)37-24-10-5-4-6-11-24;1-15-10-21(25(26,27)28)14-22(11-15)30-29-16(2)24-17(3)31-32-23(24)13-18-8-9-19-6-4-5-7-20(19)12-18;1-13-9-17(21(22,23)24)12-18(10-13)26-25-14(2)20-15(3)27-28-19(20)11-16-7-5-4-6-8-16/h4-20,22,42H,21H2,1-3H3;4-17,35H,1-3H3;4-12,14,30H,13H2,1-3H3;4-10,12,26H,11H2,1-3H3/b41-25+;34-19+;29-16+;25-14+. The maximum Gasteiger partial charge on any atom is 0.416 e. The van der Waals surface area contributed by atoms with Crippen LogP contribution in [0.1, 0.15) is 151 Å². The monoisotopic (exact) mass is 1940 g/mol. The number of hydrogen-bond acceptors (Lipinski definition) is 18. The molecule has 4 heterocycles. The zero-order valence-corrected chi connectivity index (χ0v) is 79.6. The lowest BCUT2D eigenvalue weighted by Crippen LogP contribution is -2.07. The summed E-state index contributed by atoms with van der Waals surface area (Å²) in [5, 5.41) is 40.6. The van der Waals surface area contributed by atoms with Crippen LogP contribution in [0.4, 0.5) is 75.4 Å². The molecule has 728 valence electrons. The van der Waals surface area contributed by atoms with Gasteiger partial charge in [-0.1, -0.05) is 220 Å². The van der Waals surface area contributed by atoms with Crippen molar-refractivity contribution in [2.24, 2.45) is 20.4 Å². The third-order valence-electron chi connectivity index (χ3n) is 23.0. The minimum absolute atomic E-state index is 0.220. The van der Waals surface area contributed by atoms with E-state index in [0.29, 0.717) is 144 Å². The normalized spacial score (nSPS) is 12.2. The van der Waals surface area contributed by atoms with Gasteiger partial charge in [0.05, 0.1) is 113 Å². The van der Waals surface area contributed by atoms with Crippen LogP contribution in [-0.2, 0) is 44.0 Å². The van der Waals surface area contributed by atoms with Crippen LogP contribution in [0.2, 0.25) is 0 Å². The molecule has 0 aliphatic rings. The van der Waals surface area contributed by atoms with Gasteiger partial charge in [0.2, 0.25) is 0 Å². The van der Waals surface area contributed by atoms with Crippen LogP contribution in [-0.4, -0.2) is 43.5 Å². The molecule has 0 aliphatic heterocycles. The van der Waals surface area contributed by atoms with Crippen LogP contribution in [0.3, 0.4) is 0 Å². The largest absolute Gasteiger partial charge is 0.457 e. The summed E-state index contributed by atoms with van der Waals surface area (Å²) in [5.41, 5.74) is 24.0. The number of hydrazone groups is 4. The molecular weight excluding hydrogens is 1850 g/mol. The second kappa shape index (κ2) is 43.8. The van der Waals surface area contributed by atoms with E-state index in [1.54, 1.807) is 93.5 Å². The Kier molecular flexibility index (Phi) is 30.9. The van der Waals surface area contributed by atoms with E-state index in [2.05, 4.69) is 87.0 Å².